The highest BCUT2D eigenvalue weighted by Crippen LogP contribution is 2.27. The number of rotatable bonds is 7. The minimum absolute atomic E-state index is 0.261. The first-order valence-corrected chi connectivity index (χ1v) is 10.4. The monoisotopic (exact) mass is 520 g/mol. The van der Waals surface area contributed by atoms with Crippen molar-refractivity contribution >= 4 is 57.2 Å². The SMILES string of the molecule is O=C(COc1ccc(Cl)cc1Cl)N/N=C/c1ccc(OC(=O)c2cccc(Br)c2)cc1. The number of carbonyl (C=O) groups excluding carboxylic acids is 2. The predicted octanol–water partition coefficient (Wildman–Crippen LogP) is 5.50. The van der Waals surface area contributed by atoms with Crippen molar-refractivity contribution in [1.82, 2.24) is 5.43 Å². The number of halogens is 3. The summed E-state index contributed by atoms with van der Waals surface area (Å²) in [6.45, 7) is -0.261. The third-order valence-electron chi connectivity index (χ3n) is 3.81. The molecule has 3 aromatic rings. The molecule has 1 N–H and O–H groups in total. The fourth-order valence-electron chi connectivity index (χ4n) is 2.35. The molecule has 9 heteroatoms. The highest BCUT2D eigenvalue weighted by atomic mass is 79.9. The Kier molecular flexibility index (Phi) is 8.06. The fraction of sp³-hybridized carbons (Fsp3) is 0.0455. The van der Waals surface area contributed by atoms with E-state index in [1.54, 1.807) is 54.6 Å². The number of hydrogen-bond donors (Lipinski definition) is 1. The Morgan fingerprint density at radius 3 is 2.52 bits per heavy atom. The van der Waals surface area contributed by atoms with Gasteiger partial charge in [-0.2, -0.15) is 5.10 Å². The molecule has 158 valence electrons. The van der Waals surface area contributed by atoms with E-state index in [1.807, 2.05) is 6.07 Å². The molecule has 0 aliphatic rings. The summed E-state index contributed by atoms with van der Waals surface area (Å²) in [5, 5.41) is 4.65. The molecular weight excluding hydrogens is 507 g/mol. The second-order valence-corrected chi connectivity index (χ2v) is 7.88. The molecule has 0 aliphatic heterocycles. The zero-order valence-electron chi connectivity index (χ0n) is 15.8. The van der Waals surface area contributed by atoms with Crippen molar-refractivity contribution in [3.05, 3.63) is 92.4 Å². The summed E-state index contributed by atoms with van der Waals surface area (Å²) in [4.78, 5) is 24.0. The molecular formula is C22H15BrCl2N2O4. The van der Waals surface area contributed by atoms with Crippen LogP contribution < -0.4 is 14.9 Å². The van der Waals surface area contributed by atoms with Crippen LogP contribution in [0.1, 0.15) is 15.9 Å². The normalized spacial score (nSPS) is 10.7. The minimum atomic E-state index is -0.462. The largest absolute Gasteiger partial charge is 0.482 e. The van der Waals surface area contributed by atoms with Crippen LogP contribution in [0, 0.1) is 0 Å². The van der Waals surface area contributed by atoms with Gasteiger partial charge < -0.3 is 9.47 Å². The number of ether oxygens (including phenoxy) is 2. The molecule has 0 saturated heterocycles. The number of nitrogens with one attached hydrogen (secondary N) is 1. The average molecular weight is 522 g/mol. The quantitative estimate of drug-likeness (QED) is 0.192. The van der Waals surface area contributed by atoms with Gasteiger partial charge in [0, 0.05) is 9.50 Å². The molecule has 0 unspecified atom stereocenters. The zero-order chi connectivity index (χ0) is 22.2. The van der Waals surface area contributed by atoms with Crippen molar-refractivity contribution < 1.29 is 19.1 Å². The smallest absolute Gasteiger partial charge is 0.343 e. The van der Waals surface area contributed by atoms with Crippen LogP contribution in [0.2, 0.25) is 10.0 Å². The number of nitrogens with zero attached hydrogens (tertiary/aromatic N) is 1. The van der Waals surface area contributed by atoms with Crippen molar-refractivity contribution in [3.63, 3.8) is 0 Å². The Hall–Kier alpha value is -2.87. The predicted molar refractivity (Wildman–Crippen MR) is 123 cm³/mol. The molecule has 0 bridgehead atoms. The molecule has 1 amide bonds. The molecule has 3 aromatic carbocycles. The lowest BCUT2D eigenvalue weighted by molar-refractivity contribution is -0.123. The standard InChI is InChI=1S/C22H15BrCl2N2O4/c23-16-3-1-2-15(10-16)22(29)31-18-7-4-14(5-8-18)12-26-27-21(28)13-30-20-9-6-17(24)11-19(20)25/h1-12H,13H2,(H,27,28)/b26-12+. The number of amides is 1. The van der Waals surface area contributed by atoms with Gasteiger partial charge in [-0.1, -0.05) is 45.2 Å². The van der Waals surface area contributed by atoms with Crippen LogP contribution in [0.4, 0.5) is 0 Å². The van der Waals surface area contributed by atoms with Crippen molar-refractivity contribution in [2.24, 2.45) is 5.10 Å². The van der Waals surface area contributed by atoms with Gasteiger partial charge in [-0.15, -0.1) is 0 Å². The van der Waals surface area contributed by atoms with Crippen molar-refractivity contribution in [2.45, 2.75) is 0 Å². The molecule has 0 radical (unpaired) electrons. The summed E-state index contributed by atoms with van der Waals surface area (Å²) in [7, 11) is 0. The van der Waals surface area contributed by atoms with E-state index in [1.165, 1.54) is 12.3 Å². The van der Waals surface area contributed by atoms with E-state index in [0.29, 0.717) is 32.7 Å². The van der Waals surface area contributed by atoms with Gasteiger partial charge in [0.1, 0.15) is 11.5 Å². The number of carbonyl (C=O) groups is 2. The Morgan fingerprint density at radius 2 is 1.81 bits per heavy atom. The summed E-state index contributed by atoms with van der Waals surface area (Å²) in [5.41, 5.74) is 3.49. The zero-order valence-corrected chi connectivity index (χ0v) is 18.9. The molecule has 0 aromatic heterocycles. The van der Waals surface area contributed by atoms with Crippen LogP contribution >= 0.6 is 39.1 Å². The fourth-order valence-corrected chi connectivity index (χ4v) is 3.21. The van der Waals surface area contributed by atoms with Gasteiger partial charge in [-0.25, -0.2) is 10.2 Å². The highest BCUT2D eigenvalue weighted by molar-refractivity contribution is 9.10. The number of esters is 1. The Labute approximate surface area is 196 Å². The van der Waals surface area contributed by atoms with Crippen molar-refractivity contribution in [1.29, 1.82) is 0 Å². The summed E-state index contributed by atoms with van der Waals surface area (Å²) in [6, 6.07) is 18.3. The Balaban J connectivity index is 1.47. The number of benzene rings is 3. The maximum atomic E-state index is 12.2. The number of hydrogen-bond acceptors (Lipinski definition) is 5. The molecule has 6 nitrogen and oxygen atoms in total. The molecule has 0 spiro atoms. The van der Waals surface area contributed by atoms with Gasteiger partial charge in [0.25, 0.3) is 5.91 Å². The van der Waals surface area contributed by atoms with Crippen LogP contribution in [0.3, 0.4) is 0 Å². The lowest BCUT2D eigenvalue weighted by Crippen LogP contribution is -2.24. The number of hydrazone groups is 1. The van der Waals surface area contributed by atoms with Gasteiger partial charge >= 0.3 is 5.97 Å². The van der Waals surface area contributed by atoms with Crippen LogP contribution in [-0.4, -0.2) is 24.7 Å². The van der Waals surface area contributed by atoms with E-state index in [4.69, 9.17) is 32.7 Å². The maximum Gasteiger partial charge on any atom is 0.343 e. The molecule has 0 fully saturated rings. The maximum absolute atomic E-state index is 12.2. The molecule has 0 atom stereocenters. The summed E-state index contributed by atoms with van der Waals surface area (Å²) < 4.78 is 11.4. The van der Waals surface area contributed by atoms with Crippen LogP contribution in [-0.2, 0) is 4.79 Å². The lowest BCUT2D eigenvalue weighted by Gasteiger charge is -2.07. The van der Waals surface area contributed by atoms with E-state index in [9.17, 15) is 9.59 Å². The molecule has 0 aliphatic carbocycles. The van der Waals surface area contributed by atoms with E-state index in [0.717, 1.165) is 4.47 Å². The first kappa shape index (κ1) is 22.8. The summed E-state index contributed by atoms with van der Waals surface area (Å²) in [5.74, 6) is -0.185. The van der Waals surface area contributed by atoms with Gasteiger partial charge in [0.15, 0.2) is 6.61 Å². The first-order valence-electron chi connectivity index (χ1n) is 8.88. The van der Waals surface area contributed by atoms with Gasteiger partial charge in [0.2, 0.25) is 0 Å². The third-order valence-corrected chi connectivity index (χ3v) is 4.83. The van der Waals surface area contributed by atoms with Crippen LogP contribution in [0.25, 0.3) is 0 Å². The van der Waals surface area contributed by atoms with Gasteiger partial charge in [-0.05, 0) is 66.2 Å². The summed E-state index contributed by atoms with van der Waals surface area (Å²) >= 11 is 15.1. The topological polar surface area (TPSA) is 77.0 Å². The Bertz CT molecular complexity index is 1120. The van der Waals surface area contributed by atoms with E-state index < -0.39 is 11.9 Å². The third kappa shape index (κ3) is 7.10. The van der Waals surface area contributed by atoms with Crippen molar-refractivity contribution in [3.8, 4) is 11.5 Å². The van der Waals surface area contributed by atoms with E-state index in [-0.39, 0.29) is 6.61 Å². The Morgan fingerprint density at radius 1 is 1.03 bits per heavy atom. The second kappa shape index (κ2) is 10.9. The van der Waals surface area contributed by atoms with Crippen LogP contribution in [0.15, 0.2) is 76.3 Å². The average Bonchev–Trinajstić information content (AvgIpc) is 2.74. The van der Waals surface area contributed by atoms with E-state index >= 15 is 0 Å². The first-order chi connectivity index (χ1) is 14.9. The molecule has 0 saturated carbocycles. The van der Waals surface area contributed by atoms with Gasteiger partial charge in [0.05, 0.1) is 16.8 Å². The summed E-state index contributed by atoms with van der Waals surface area (Å²) in [6.07, 6.45) is 1.45. The molecule has 0 heterocycles. The van der Waals surface area contributed by atoms with Crippen molar-refractivity contribution in [2.75, 3.05) is 6.61 Å². The molecule has 31 heavy (non-hydrogen) atoms. The van der Waals surface area contributed by atoms with Crippen LogP contribution in [0.5, 0.6) is 11.5 Å². The minimum Gasteiger partial charge on any atom is -0.482 e. The van der Waals surface area contributed by atoms with Gasteiger partial charge in [-0.3, -0.25) is 4.79 Å². The molecule has 3 rings (SSSR count). The lowest BCUT2D eigenvalue weighted by atomic mass is 10.2. The highest BCUT2D eigenvalue weighted by Gasteiger charge is 2.09. The second-order valence-electron chi connectivity index (χ2n) is 6.13. The van der Waals surface area contributed by atoms with E-state index in [2.05, 4.69) is 26.5 Å².